The van der Waals surface area contributed by atoms with Gasteiger partial charge < -0.3 is 4.57 Å². The maximum absolute atomic E-state index is 4.28. The number of hydrogen-bond donors (Lipinski definition) is 0. The molecule has 0 aliphatic heterocycles. The van der Waals surface area contributed by atoms with Gasteiger partial charge in [-0.25, -0.2) is 4.98 Å². The third-order valence-electron chi connectivity index (χ3n) is 2.09. The summed E-state index contributed by atoms with van der Waals surface area (Å²) in [6, 6.07) is 0. The molecule has 0 aromatic carbocycles. The Balaban J connectivity index is 2.97. The van der Waals surface area contributed by atoms with Crippen molar-refractivity contribution in [2.45, 2.75) is 27.2 Å². The Morgan fingerprint density at radius 2 is 2.20 bits per heavy atom. The van der Waals surface area contributed by atoms with Crippen LogP contribution in [0.3, 0.4) is 0 Å². The van der Waals surface area contributed by atoms with E-state index in [2.05, 4.69) is 38.4 Å². The predicted molar refractivity (Wildman–Crippen MR) is 65.5 cm³/mol. The number of nitrogens with zero attached hydrogens (tertiary/aromatic N) is 2. The lowest BCUT2D eigenvalue weighted by atomic mass is 10.3. The molecule has 0 unspecified atom stereocenters. The summed E-state index contributed by atoms with van der Waals surface area (Å²) in [4.78, 5) is 4.28. The van der Waals surface area contributed by atoms with Crippen LogP contribution in [-0.2, 0) is 6.42 Å². The molecular weight excluding hydrogens is 184 g/mol. The molecular formula is C13H18N2. The van der Waals surface area contributed by atoms with Crippen LogP contribution in [-0.4, -0.2) is 9.55 Å². The van der Waals surface area contributed by atoms with E-state index in [0.29, 0.717) is 0 Å². The van der Waals surface area contributed by atoms with E-state index in [1.54, 1.807) is 0 Å². The van der Waals surface area contributed by atoms with E-state index in [1.165, 1.54) is 5.57 Å². The third-order valence-corrected chi connectivity index (χ3v) is 2.09. The number of rotatable bonds is 4. The molecule has 0 atom stereocenters. The SMILES string of the molecule is C=C/C(=C\C=C(C)C)n1cnc(CC)c1. The fourth-order valence-electron chi connectivity index (χ4n) is 1.20. The molecule has 0 aliphatic carbocycles. The summed E-state index contributed by atoms with van der Waals surface area (Å²) in [5.74, 6) is 0. The van der Waals surface area contributed by atoms with Gasteiger partial charge in [-0.2, -0.15) is 0 Å². The van der Waals surface area contributed by atoms with Gasteiger partial charge in [-0.1, -0.05) is 25.2 Å². The summed E-state index contributed by atoms with van der Waals surface area (Å²) in [5, 5.41) is 0. The van der Waals surface area contributed by atoms with Crippen LogP contribution < -0.4 is 0 Å². The molecule has 0 bridgehead atoms. The molecule has 1 rings (SSSR count). The summed E-state index contributed by atoms with van der Waals surface area (Å²) in [5.41, 5.74) is 3.41. The highest BCUT2D eigenvalue weighted by Gasteiger charge is 1.97. The zero-order chi connectivity index (χ0) is 11.3. The Morgan fingerprint density at radius 3 is 2.67 bits per heavy atom. The normalized spacial score (nSPS) is 11.3. The van der Waals surface area contributed by atoms with E-state index < -0.39 is 0 Å². The summed E-state index contributed by atoms with van der Waals surface area (Å²) in [6.07, 6.45) is 10.8. The molecule has 15 heavy (non-hydrogen) atoms. The van der Waals surface area contributed by atoms with Gasteiger partial charge in [0, 0.05) is 11.9 Å². The molecule has 0 saturated carbocycles. The highest BCUT2D eigenvalue weighted by Crippen LogP contribution is 2.08. The van der Waals surface area contributed by atoms with Gasteiger partial charge in [0.25, 0.3) is 0 Å². The van der Waals surface area contributed by atoms with Gasteiger partial charge in [-0.15, -0.1) is 0 Å². The van der Waals surface area contributed by atoms with Gasteiger partial charge in [-0.05, 0) is 32.4 Å². The van der Waals surface area contributed by atoms with Crippen LogP contribution in [0.15, 0.2) is 42.9 Å². The zero-order valence-electron chi connectivity index (χ0n) is 9.70. The second-order valence-corrected chi connectivity index (χ2v) is 3.67. The highest BCUT2D eigenvalue weighted by atomic mass is 15.0. The van der Waals surface area contributed by atoms with Crippen molar-refractivity contribution in [3.63, 3.8) is 0 Å². The first-order valence-corrected chi connectivity index (χ1v) is 5.18. The van der Waals surface area contributed by atoms with Crippen LogP contribution in [0.25, 0.3) is 5.70 Å². The van der Waals surface area contributed by atoms with Gasteiger partial charge in [0.1, 0.15) is 0 Å². The molecule has 1 aromatic rings. The van der Waals surface area contributed by atoms with Crippen LogP contribution in [0.5, 0.6) is 0 Å². The lowest BCUT2D eigenvalue weighted by Crippen LogP contribution is -1.89. The highest BCUT2D eigenvalue weighted by molar-refractivity contribution is 5.58. The minimum Gasteiger partial charge on any atom is -0.306 e. The predicted octanol–water partition coefficient (Wildman–Crippen LogP) is 3.44. The van der Waals surface area contributed by atoms with Crippen molar-refractivity contribution in [1.29, 1.82) is 0 Å². The Morgan fingerprint density at radius 1 is 1.47 bits per heavy atom. The lowest BCUT2D eigenvalue weighted by Gasteiger charge is -2.00. The Hall–Kier alpha value is -1.57. The van der Waals surface area contributed by atoms with Gasteiger partial charge >= 0.3 is 0 Å². The zero-order valence-corrected chi connectivity index (χ0v) is 9.70. The third kappa shape index (κ3) is 3.24. The molecule has 0 amide bonds. The van der Waals surface area contributed by atoms with Gasteiger partial charge in [0.2, 0.25) is 0 Å². The average molecular weight is 202 g/mol. The maximum Gasteiger partial charge on any atom is 0.0995 e. The van der Waals surface area contributed by atoms with E-state index in [1.807, 2.05) is 29.2 Å². The lowest BCUT2D eigenvalue weighted by molar-refractivity contribution is 1.06. The molecule has 0 saturated heterocycles. The first kappa shape index (κ1) is 11.5. The van der Waals surface area contributed by atoms with Crippen molar-refractivity contribution in [3.8, 4) is 0 Å². The molecule has 0 N–H and O–H groups in total. The van der Waals surface area contributed by atoms with Crippen LogP contribution >= 0.6 is 0 Å². The van der Waals surface area contributed by atoms with Gasteiger partial charge in [0.05, 0.1) is 12.0 Å². The molecule has 0 radical (unpaired) electrons. The fourth-order valence-corrected chi connectivity index (χ4v) is 1.20. The summed E-state index contributed by atoms with van der Waals surface area (Å²) in [6.45, 7) is 10.0. The summed E-state index contributed by atoms with van der Waals surface area (Å²) in [7, 11) is 0. The van der Waals surface area contributed by atoms with E-state index >= 15 is 0 Å². The first-order valence-electron chi connectivity index (χ1n) is 5.18. The van der Waals surface area contributed by atoms with Crippen molar-refractivity contribution in [2.75, 3.05) is 0 Å². The quantitative estimate of drug-likeness (QED) is 0.684. The molecule has 80 valence electrons. The second kappa shape index (κ2) is 5.35. The Labute approximate surface area is 91.7 Å². The summed E-state index contributed by atoms with van der Waals surface area (Å²) < 4.78 is 1.99. The van der Waals surface area contributed by atoms with Gasteiger partial charge in [0.15, 0.2) is 0 Å². The minimum atomic E-state index is 0.958. The molecule has 0 aliphatic rings. The van der Waals surface area contributed by atoms with Crippen LogP contribution in [0, 0.1) is 0 Å². The number of hydrogen-bond acceptors (Lipinski definition) is 1. The van der Waals surface area contributed by atoms with Gasteiger partial charge in [-0.3, -0.25) is 0 Å². The summed E-state index contributed by atoms with van der Waals surface area (Å²) >= 11 is 0. The molecule has 2 nitrogen and oxygen atoms in total. The Kier molecular flexibility index (Phi) is 4.10. The number of aryl methyl sites for hydroxylation is 1. The maximum atomic E-state index is 4.28. The van der Waals surface area contributed by atoms with Crippen LogP contribution in [0.4, 0.5) is 0 Å². The first-order chi connectivity index (χ1) is 7.17. The molecule has 0 fully saturated rings. The van der Waals surface area contributed by atoms with Crippen molar-refractivity contribution in [2.24, 2.45) is 0 Å². The van der Waals surface area contributed by atoms with Crippen molar-refractivity contribution < 1.29 is 0 Å². The smallest absolute Gasteiger partial charge is 0.0995 e. The number of aromatic nitrogens is 2. The largest absolute Gasteiger partial charge is 0.306 e. The molecule has 2 heteroatoms. The molecule has 1 heterocycles. The standard InChI is InChI=1S/C13H18N2/c1-5-12-9-15(10-14-12)13(6-2)8-7-11(3)4/h6-10H,2,5H2,1,3-4H3/b13-8+. The van der Waals surface area contributed by atoms with E-state index in [0.717, 1.165) is 17.8 Å². The van der Waals surface area contributed by atoms with Crippen molar-refractivity contribution in [1.82, 2.24) is 9.55 Å². The number of allylic oxidation sites excluding steroid dienone is 5. The topological polar surface area (TPSA) is 17.8 Å². The molecule has 1 aromatic heterocycles. The van der Waals surface area contributed by atoms with Crippen molar-refractivity contribution >= 4 is 5.70 Å². The van der Waals surface area contributed by atoms with E-state index in [4.69, 9.17) is 0 Å². The van der Waals surface area contributed by atoms with E-state index in [-0.39, 0.29) is 0 Å². The number of imidazole rings is 1. The Bertz CT molecular complexity index is 390. The minimum absolute atomic E-state index is 0.958. The molecule has 0 spiro atoms. The monoisotopic (exact) mass is 202 g/mol. The fraction of sp³-hybridized carbons (Fsp3) is 0.308. The van der Waals surface area contributed by atoms with Crippen LogP contribution in [0.1, 0.15) is 26.5 Å². The van der Waals surface area contributed by atoms with E-state index in [9.17, 15) is 0 Å². The van der Waals surface area contributed by atoms with Crippen molar-refractivity contribution in [3.05, 3.63) is 48.6 Å². The van der Waals surface area contributed by atoms with Crippen LogP contribution in [0.2, 0.25) is 0 Å². The average Bonchev–Trinajstić information content (AvgIpc) is 2.67. The second-order valence-electron chi connectivity index (χ2n) is 3.67.